The van der Waals surface area contributed by atoms with Crippen molar-refractivity contribution >= 4 is 34.5 Å². The van der Waals surface area contributed by atoms with Crippen LogP contribution >= 0.6 is 0 Å². The van der Waals surface area contributed by atoms with Crippen LogP contribution in [-0.4, -0.2) is 99.4 Å². The number of rotatable bonds is 15. The lowest BCUT2D eigenvalue weighted by molar-refractivity contribution is -0.138. The van der Waals surface area contributed by atoms with E-state index in [-0.39, 0.29) is 37.3 Å². The standard InChI is InChI=1S/C34H50N8O6/c1-21(43)27(10-6-7-15-37-33(47)39-25-13-14-25)40-32(46)28-17-26(42(36)29(18-35)34(2,3)48)20-41(28)30(44)19-38-31(45)24-12-11-22-8-4-5-9-23(22)16-24/h4-5,8-9,11-12,16,18,21,25-28,43,48H,6-7,10,13-15,17,19-20,35-36H2,1-3H3,(H,38,45)(H,40,46)(H2,37,39,47)/b29-18-. The number of hydrogen-bond donors (Lipinski definition) is 8. The molecule has 0 aromatic heterocycles. The topological polar surface area (TPSA) is 215 Å². The number of nitrogens with one attached hydrogen (secondary N) is 4. The lowest BCUT2D eigenvalue weighted by Crippen LogP contribution is -2.52. The first-order valence-corrected chi connectivity index (χ1v) is 16.6. The Morgan fingerprint density at radius 1 is 1.08 bits per heavy atom. The number of carbonyl (C=O) groups is 4. The van der Waals surface area contributed by atoms with E-state index in [4.69, 9.17) is 11.6 Å². The van der Waals surface area contributed by atoms with Crippen molar-refractivity contribution in [2.75, 3.05) is 19.6 Å². The molecule has 0 bridgehead atoms. The van der Waals surface area contributed by atoms with Crippen molar-refractivity contribution < 1.29 is 29.4 Å². The van der Waals surface area contributed by atoms with Gasteiger partial charge in [-0.1, -0.05) is 30.3 Å². The van der Waals surface area contributed by atoms with Crippen LogP contribution in [0.25, 0.3) is 10.8 Å². The van der Waals surface area contributed by atoms with Crippen molar-refractivity contribution in [2.24, 2.45) is 11.6 Å². The number of aliphatic hydroxyl groups is 2. The van der Waals surface area contributed by atoms with Crippen LogP contribution < -0.4 is 32.8 Å². The molecule has 4 atom stereocenters. The average Bonchev–Trinajstić information content (AvgIpc) is 3.74. The van der Waals surface area contributed by atoms with Gasteiger partial charge in [0.1, 0.15) is 11.6 Å². The Bertz CT molecular complexity index is 1490. The molecule has 1 heterocycles. The molecule has 0 spiro atoms. The maximum Gasteiger partial charge on any atom is 0.315 e. The number of hydrogen-bond acceptors (Lipinski definition) is 9. The van der Waals surface area contributed by atoms with Crippen molar-refractivity contribution in [1.82, 2.24) is 31.2 Å². The summed E-state index contributed by atoms with van der Waals surface area (Å²) in [6.45, 7) is 4.76. The van der Waals surface area contributed by atoms with E-state index in [1.165, 1.54) is 30.0 Å². The second-order valence-electron chi connectivity index (χ2n) is 13.2. The van der Waals surface area contributed by atoms with E-state index in [0.717, 1.165) is 23.6 Å². The van der Waals surface area contributed by atoms with Gasteiger partial charge in [0.25, 0.3) is 5.91 Å². The number of unbranched alkanes of at least 4 members (excludes halogenated alkanes) is 1. The van der Waals surface area contributed by atoms with Crippen LogP contribution in [0.4, 0.5) is 4.79 Å². The SMILES string of the molecule is CC(O)C(CCCCNC(=O)NC1CC1)NC(=O)C1CC(N(N)/C(=C\N)C(C)(C)O)CN1C(=O)CNC(=O)c1ccc2ccccc2c1. The van der Waals surface area contributed by atoms with Crippen molar-refractivity contribution in [2.45, 2.75) is 95.2 Å². The third-order valence-electron chi connectivity index (χ3n) is 8.82. The summed E-state index contributed by atoms with van der Waals surface area (Å²) in [5.41, 5.74) is 5.01. The van der Waals surface area contributed by atoms with Crippen LogP contribution in [-0.2, 0) is 9.59 Å². The molecule has 4 rings (SSSR count). The van der Waals surface area contributed by atoms with Crippen molar-refractivity contribution in [1.29, 1.82) is 0 Å². The highest BCUT2D eigenvalue weighted by molar-refractivity contribution is 6.00. The molecule has 2 aliphatic rings. The van der Waals surface area contributed by atoms with Gasteiger partial charge in [-0.3, -0.25) is 14.4 Å². The van der Waals surface area contributed by atoms with E-state index < -0.39 is 47.6 Å². The van der Waals surface area contributed by atoms with E-state index in [2.05, 4.69) is 21.3 Å². The van der Waals surface area contributed by atoms with E-state index >= 15 is 0 Å². The normalized spacial score (nSPS) is 19.4. The average molecular weight is 667 g/mol. The summed E-state index contributed by atoms with van der Waals surface area (Å²) in [5.74, 6) is 4.99. The number of nitrogens with two attached hydrogens (primary N) is 2. The Labute approximate surface area is 281 Å². The zero-order chi connectivity index (χ0) is 35.0. The fourth-order valence-corrected chi connectivity index (χ4v) is 5.90. The van der Waals surface area contributed by atoms with E-state index in [1.807, 2.05) is 30.3 Å². The molecule has 4 unspecified atom stereocenters. The zero-order valence-electron chi connectivity index (χ0n) is 27.9. The summed E-state index contributed by atoms with van der Waals surface area (Å²) in [6, 6.07) is 10.8. The first-order chi connectivity index (χ1) is 22.8. The molecule has 2 aromatic carbocycles. The minimum absolute atomic E-state index is 0.0284. The maximum absolute atomic E-state index is 13.7. The lowest BCUT2D eigenvalue weighted by atomic mass is 10.0. The predicted octanol–water partition coefficient (Wildman–Crippen LogP) is 0.783. The first-order valence-electron chi connectivity index (χ1n) is 16.6. The molecule has 5 amide bonds. The molecule has 48 heavy (non-hydrogen) atoms. The number of urea groups is 1. The molecular formula is C34H50N8O6. The Balaban J connectivity index is 1.40. The second-order valence-corrected chi connectivity index (χ2v) is 13.2. The summed E-state index contributed by atoms with van der Waals surface area (Å²) >= 11 is 0. The van der Waals surface area contributed by atoms with Crippen LogP contribution in [0, 0.1) is 0 Å². The molecule has 1 saturated carbocycles. The monoisotopic (exact) mass is 666 g/mol. The molecule has 2 fully saturated rings. The van der Waals surface area contributed by atoms with Crippen LogP contribution in [0.5, 0.6) is 0 Å². The molecule has 14 heteroatoms. The molecule has 1 aliphatic heterocycles. The zero-order valence-corrected chi connectivity index (χ0v) is 27.9. The van der Waals surface area contributed by atoms with Crippen LogP contribution in [0.15, 0.2) is 54.4 Å². The van der Waals surface area contributed by atoms with Gasteiger partial charge in [-0.25, -0.2) is 10.6 Å². The predicted molar refractivity (Wildman–Crippen MR) is 182 cm³/mol. The van der Waals surface area contributed by atoms with Crippen LogP contribution in [0.2, 0.25) is 0 Å². The minimum Gasteiger partial charge on any atom is -0.403 e. The van der Waals surface area contributed by atoms with Gasteiger partial charge >= 0.3 is 6.03 Å². The summed E-state index contributed by atoms with van der Waals surface area (Å²) in [4.78, 5) is 53.5. The fraction of sp³-hybridized carbons (Fsp3) is 0.529. The Morgan fingerprint density at radius 3 is 2.44 bits per heavy atom. The third kappa shape index (κ3) is 9.81. The summed E-state index contributed by atoms with van der Waals surface area (Å²) in [5, 5.41) is 35.5. The van der Waals surface area contributed by atoms with Gasteiger partial charge in [0, 0.05) is 37.3 Å². The van der Waals surface area contributed by atoms with Crippen molar-refractivity contribution in [3.63, 3.8) is 0 Å². The number of hydrazine groups is 1. The fourth-order valence-electron chi connectivity index (χ4n) is 5.90. The van der Waals surface area contributed by atoms with E-state index in [9.17, 15) is 29.4 Å². The Kier molecular flexibility index (Phi) is 12.2. The van der Waals surface area contributed by atoms with Gasteiger partial charge in [0.05, 0.1) is 30.4 Å². The van der Waals surface area contributed by atoms with Crippen molar-refractivity contribution in [3.8, 4) is 0 Å². The Morgan fingerprint density at radius 2 is 1.79 bits per heavy atom. The van der Waals surface area contributed by atoms with Crippen LogP contribution in [0.3, 0.4) is 0 Å². The number of benzene rings is 2. The highest BCUT2D eigenvalue weighted by Gasteiger charge is 2.43. The summed E-state index contributed by atoms with van der Waals surface area (Å²) in [7, 11) is 0. The number of nitrogens with zero attached hydrogens (tertiary/aromatic N) is 2. The summed E-state index contributed by atoms with van der Waals surface area (Å²) < 4.78 is 0. The van der Waals surface area contributed by atoms with Gasteiger partial charge in [0.2, 0.25) is 11.8 Å². The number of carbonyl (C=O) groups excluding carboxylic acids is 4. The lowest BCUT2D eigenvalue weighted by Gasteiger charge is -2.34. The number of amides is 5. The van der Waals surface area contributed by atoms with Gasteiger partial charge in [-0.05, 0) is 75.8 Å². The highest BCUT2D eigenvalue weighted by atomic mass is 16.3. The maximum atomic E-state index is 13.7. The van der Waals surface area contributed by atoms with Gasteiger partial charge in [-0.15, -0.1) is 0 Å². The Hall–Kier alpha value is -4.40. The second kappa shape index (κ2) is 16.1. The number of likely N-dealkylation sites (tertiary alicyclic amines) is 1. The minimum atomic E-state index is -1.39. The van der Waals surface area contributed by atoms with Gasteiger partial charge < -0.3 is 47.1 Å². The molecule has 14 nitrogen and oxygen atoms in total. The van der Waals surface area contributed by atoms with Crippen molar-refractivity contribution in [3.05, 3.63) is 59.9 Å². The van der Waals surface area contributed by atoms with E-state index in [0.29, 0.717) is 31.4 Å². The highest BCUT2D eigenvalue weighted by Crippen LogP contribution is 2.27. The molecule has 1 saturated heterocycles. The third-order valence-corrected chi connectivity index (χ3v) is 8.82. The molecular weight excluding hydrogens is 616 g/mol. The van der Waals surface area contributed by atoms with E-state index in [1.54, 1.807) is 19.1 Å². The van der Waals surface area contributed by atoms with Gasteiger partial charge in [-0.2, -0.15) is 0 Å². The molecule has 10 N–H and O–H groups in total. The largest absolute Gasteiger partial charge is 0.403 e. The quantitative estimate of drug-likeness (QED) is 0.0765. The van der Waals surface area contributed by atoms with Gasteiger partial charge in [0.15, 0.2) is 0 Å². The molecule has 2 aromatic rings. The first kappa shape index (κ1) is 36.4. The number of aliphatic hydroxyl groups excluding tert-OH is 1. The summed E-state index contributed by atoms with van der Waals surface area (Å²) in [6.07, 6.45) is 4.16. The van der Waals surface area contributed by atoms with Crippen LogP contribution in [0.1, 0.15) is 69.7 Å². The molecule has 0 radical (unpaired) electrons. The number of fused-ring (bicyclic) bond motifs is 1. The molecule has 262 valence electrons. The molecule has 1 aliphatic carbocycles. The smallest absolute Gasteiger partial charge is 0.315 e.